The fourth-order valence-corrected chi connectivity index (χ4v) is 6.12. The highest BCUT2D eigenvalue weighted by Crippen LogP contribution is 2.50. The van der Waals surface area contributed by atoms with Gasteiger partial charge in [-0.25, -0.2) is 0 Å². The molecule has 1 fully saturated rings. The summed E-state index contributed by atoms with van der Waals surface area (Å²) in [6, 6.07) is 14.2. The molecule has 0 bridgehead atoms. The first-order valence-electron chi connectivity index (χ1n) is 11.8. The molecule has 170 valence electrons. The van der Waals surface area contributed by atoms with Gasteiger partial charge in [0.25, 0.3) is 5.91 Å². The molecule has 1 heterocycles. The topological polar surface area (TPSA) is 57.6 Å². The molecule has 0 spiro atoms. The molecule has 0 saturated heterocycles. The van der Waals surface area contributed by atoms with Crippen LogP contribution in [0.1, 0.15) is 91.9 Å². The molecule has 2 aliphatic rings. The third-order valence-corrected chi connectivity index (χ3v) is 7.64. The van der Waals surface area contributed by atoms with Crippen molar-refractivity contribution in [3.63, 3.8) is 0 Å². The average molecular weight is 434 g/mol. The minimum Gasteiger partial charge on any atom is -0.481 e. The van der Waals surface area contributed by atoms with Gasteiger partial charge >= 0.3 is 5.97 Å². The van der Waals surface area contributed by atoms with E-state index in [1.54, 1.807) is 6.92 Å². The monoisotopic (exact) mass is 433 g/mol. The van der Waals surface area contributed by atoms with Gasteiger partial charge in [-0.05, 0) is 71.8 Å². The minimum atomic E-state index is -0.825. The summed E-state index contributed by atoms with van der Waals surface area (Å²) in [7, 11) is 0. The zero-order chi connectivity index (χ0) is 23.1. The predicted octanol–water partition coefficient (Wildman–Crippen LogP) is 5.93. The molecular formula is C28H35NO3. The molecule has 4 heteroatoms. The summed E-state index contributed by atoms with van der Waals surface area (Å²) in [6.45, 7) is 9.83. The first-order valence-corrected chi connectivity index (χ1v) is 11.8. The van der Waals surface area contributed by atoms with Gasteiger partial charge in [-0.1, -0.05) is 63.6 Å². The Morgan fingerprint density at radius 1 is 1.09 bits per heavy atom. The molecule has 0 aromatic heterocycles. The molecular weight excluding hydrogens is 398 g/mol. The lowest BCUT2D eigenvalue weighted by Crippen LogP contribution is -2.36. The number of hydrogen-bond acceptors (Lipinski definition) is 2. The normalized spacial score (nSPS) is 23.1. The Kier molecular flexibility index (Phi) is 5.91. The van der Waals surface area contributed by atoms with Crippen LogP contribution in [0, 0.1) is 5.41 Å². The molecule has 1 saturated carbocycles. The molecule has 4 nitrogen and oxygen atoms in total. The average Bonchev–Trinajstić information content (AvgIpc) is 3.06. The van der Waals surface area contributed by atoms with Gasteiger partial charge in [0.15, 0.2) is 0 Å². The van der Waals surface area contributed by atoms with Crippen molar-refractivity contribution in [2.24, 2.45) is 5.41 Å². The summed E-state index contributed by atoms with van der Waals surface area (Å²) in [5.74, 6) is -1.44. The summed E-state index contributed by atoms with van der Waals surface area (Å²) >= 11 is 0. The minimum absolute atomic E-state index is 0.0236. The Bertz CT molecular complexity index is 1030. The van der Waals surface area contributed by atoms with Crippen molar-refractivity contribution in [2.75, 3.05) is 6.54 Å². The van der Waals surface area contributed by atoms with Gasteiger partial charge < -0.3 is 10.0 Å². The van der Waals surface area contributed by atoms with Crippen LogP contribution in [0.5, 0.6) is 0 Å². The molecule has 0 unspecified atom stereocenters. The molecule has 1 amide bonds. The van der Waals surface area contributed by atoms with Gasteiger partial charge in [0.05, 0.1) is 5.92 Å². The molecule has 2 aromatic carbocycles. The van der Waals surface area contributed by atoms with Gasteiger partial charge in [-0.2, -0.15) is 0 Å². The standard InChI is InChI=1S/C28H35NO3/c1-19(26(31)32)24-22-17-29(16-13-20-9-6-5-7-10-20)25(30)21(22)11-12-23(24)28(4)15-8-14-27(2,3)18-28/h5-7,9-12,19H,8,13-18H2,1-4H3,(H,31,32)/t19-,28+/m1/s1. The molecule has 1 aliphatic heterocycles. The lowest BCUT2D eigenvalue weighted by molar-refractivity contribution is -0.138. The number of carboxylic acid groups (broad SMARTS) is 1. The molecule has 4 rings (SSSR count). The number of hydrogen-bond donors (Lipinski definition) is 1. The number of nitrogens with zero attached hydrogens (tertiary/aromatic N) is 1. The van der Waals surface area contributed by atoms with Crippen LogP contribution in [0.25, 0.3) is 0 Å². The van der Waals surface area contributed by atoms with E-state index in [0.29, 0.717) is 18.7 Å². The maximum Gasteiger partial charge on any atom is 0.310 e. The molecule has 0 radical (unpaired) electrons. The van der Waals surface area contributed by atoms with E-state index in [0.717, 1.165) is 42.4 Å². The van der Waals surface area contributed by atoms with E-state index in [-0.39, 0.29) is 16.7 Å². The van der Waals surface area contributed by atoms with Crippen molar-refractivity contribution in [3.05, 3.63) is 70.3 Å². The van der Waals surface area contributed by atoms with E-state index >= 15 is 0 Å². The number of benzene rings is 2. The zero-order valence-corrected chi connectivity index (χ0v) is 19.8. The number of carboxylic acids is 1. The second-order valence-corrected chi connectivity index (χ2v) is 10.8. The van der Waals surface area contributed by atoms with Crippen molar-refractivity contribution in [3.8, 4) is 0 Å². The van der Waals surface area contributed by atoms with Gasteiger partial charge in [-0.15, -0.1) is 0 Å². The van der Waals surface area contributed by atoms with Gasteiger partial charge in [0.1, 0.15) is 0 Å². The number of fused-ring (bicyclic) bond motifs is 1. The number of carbonyl (C=O) groups excluding carboxylic acids is 1. The Balaban J connectivity index is 1.71. The molecule has 1 aliphatic carbocycles. The first kappa shape index (κ1) is 22.6. The number of rotatable bonds is 6. The Morgan fingerprint density at radius 3 is 2.47 bits per heavy atom. The van der Waals surface area contributed by atoms with Crippen molar-refractivity contribution >= 4 is 11.9 Å². The fraction of sp³-hybridized carbons (Fsp3) is 0.500. The predicted molar refractivity (Wildman–Crippen MR) is 127 cm³/mol. The van der Waals surface area contributed by atoms with Crippen molar-refractivity contribution in [1.29, 1.82) is 0 Å². The Morgan fingerprint density at radius 2 is 1.81 bits per heavy atom. The first-order chi connectivity index (χ1) is 15.1. The van der Waals surface area contributed by atoms with Crippen LogP contribution in [-0.2, 0) is 23.2 Å². The van der Waals surface area contributed by atoms with E-state index in [2.05, 4.69) is 39.0 Å². The van der Waals surface area contributed by atoms with Crippen LogP contribution in [0.2, 0.25) is 0 Å². The van der Waals surface area contributed by atoms with E-state index in [1.807, 2.05) is 29.2 Å². The van der Waals surface area contributed by atoms with Crippen LogP contribution in [0.15, 0.2) is 42.5 Å². The zero-order valence-electron chi connectivity index (χ0n) is 19.8. The molecule has 32 heavy (non-hydrogen) atoms. The Hall–Kier alpha value is -2.62. The number of aliphatic carboxylic acids is 1. The third kappa shape index (κ3) is 4.20. The van der Waals surface area contributed by atoms with Crippen LogP contribution < -0.4 is 0 Å². The number of carbonyl (C=O) groups is 2. The lowest BCUT2D eigenvalue weighted by Gasteiger charge is -2.44. The van der Waals surface area contributed by atoms with Crippen molar-refractivity contribution in [1.82, 2.24) is 4.90 Å². The highest BCUT2D eigenvalue weighted by Gasteiger charge is 2.42. The largest absolute Gasteiger partial charge is 0.481 e. The second kappa shape index (κ2) is 8.38. The summed E-state index contributed by atoms with van der Waals surface area (Å²) in [5.41, 5.74) is 4.99. The van der Waals surface area contributed by atoms with Crippen molar-refractivity contribution < 1.29 is 14.7 Å². The maximum absolute atomic E-state index is 13.2. The van der Waals surface area contributed by atoms with Gasteiger partial charge in [0, 0.05) is 18.7 Å². The van der Waals surface area contributed by atoms with E-state index in [9.17, 15) is 14.7 Å². The van der Waals surface area contributed by atoms with E-state index in [4.69, 9.17) is 0 Å². The summed E-state index contributed by atoms with van der Waals surface area (Å²) in [6.07, 6.45) is 5.22. The molecule has 2 aromatic rings. The van der Waals surface area contributed by atoms with E-state index < -0.39 is 11.9 Å². The fourth-order valence-electron chi connectivity index (χ4n) is 6.12. The summed E-state index contributed by atoms with van der Waals surface area (Å²) in [4.78, 5) is 27.2. The highest BCUT2D eigenvalue weighted by molar-refractivity contribution is 5.99. The smallest absolute Gasteiger partial charge is 0.310 e. The molecule has 2 atom stereocenters. The van der Waals surface area contributed by atoms with Gasteiger partial charge in [0.2, 0.25) is 0 Å². The van der Waals surface area contributed by atoms with Crippen LogP contribution in [0.4, 0.5) is 0 Å². The van der Waals surface area contributed by atoms with Crippen LogP contribution >= 0.6 is 0 Å². The van der Waals surface area contributed by atoms with Gasteiger partial charge in [-0.3, -0.25) is 9.59 Å². The quantitative estimate of drug-likeness (QED) is 0.614. The second-order valence-electron chi connectivity index (χ2n) is 10.8. The summed E-state index contributed by atoms with van der Waals surface area (Å²) in [5, 5.41) is 9.96. The highest BCUT2D eigenvalue weighted by atomic mass is 16.4. The van der Waals surface area contributed by atoms with Crippen LogP contribution in [0.3, 0.4) is 0 Å². The maximum atomic E-state index is 13.2. The third-order valence-electron chi connectivity index (χ3n) is 7.64. The summed E-state index contributed by atoms with van der Waals surface area (Å²) < 4.78 is 0. The van der Waals surface area contributed by atoms with E-state index in [1.165, 1.54) is 12.0 Å². The molecule has 1 N–H and O–H groups in total. The lowest BCUT2D eigenvalue weighted by atomic mass is 9.60. The Labute approximate surface area is 191 Å². The SMILES string of the molecule is C[C@@H](C(=O)O)c1c([C@@]2(C)CCCC(C)(C)C2)ccc2c1CN(CCc1ccccc1)C2=O. The van der Waals surface area contributed by atoms with Crippen LogP contribution in [-0.4, -0.2) is 28.4 Å². The van der Waals surface area contributed by atoms with Crippen molar-refractivity contribution in [2.45, 2.75) is 77.7 Å². The number of amides is 1.